The first-order valence-electron chi connectivity index (χ1n) is 14.0. The molecule has 7 rings (SSSR count). The van der Waals surface area contributed by atoms with Crippen molar-refractivity contribution in [3.63, 3.8) is 0 Å². The van der Waals surface area contributed by atoms with Crippen LogP contribution in [0.2, 0.25) is 0 Å². The smallest absolute Gasteiger partial charge is 0.255 e. The molecule has 1 amide bonds. The lowest BCUT2D eigenvalue weighted by molar-refractivity contribution is 0.0725. The number of benzene rings is 4. The SMILES string of the molecule is CN1CCC(c2ccc(-c3ccc4c(c3)C(=O)N(C(c3cccc(F)c3)c3nc5ccccc5[nH]3)C4)cc2)CC1. The second-order valence-corrected chi connectivity index (χ2v) is 11.1. The molecular formula is C34H31FN4O. The number of H-pyrrole nitrogens is 1. The zero-order valence-electron chi connectivity index (χ0n) is 22.5. The first kappa shape index (κ1) is 24.7. The van der Waals surface area contributed by atoms with Crippen LogP contribution >= 0.6 is 0 Å². The summed E-state index contributed by atoms with van der Waals surface area (Å²) < 4.78 is 14.4. The van der Waals surface area contributed by atoms with Gasteiger partial charge in [0.25, 0.3) is 5.91 Å². The van der Waals surface area contributed by atoms with Crippen LogP contribution in [0.5, 0.6) is 0 Å². The lowest BCUT2D eigenvalue weighted by Crippen LogP contribution is -2.30. The molecule has 1 atom stereocenters. The van der Waals surface area contributed by atoms with E-state index in [1.54, 1.807) is 11.0 Å². The van der Waals surface area contributed by atoms with E-state index in [9.17, 15) is 9.18 Å². The van der Waals surface area contributed by atoms with Gasteiger partial charge >= 0.3 is 0 Å². The van der Waals surface area contributed by atoms with Gasteiger partial charge in [0, 0.05) is 12.1 Å². The third-order valence-electron chi connectivity index (χ3n) is 8.52. The van der Waals surface area contributed by atoms with Gasteiger partial charge in [-0.25, -0.2) is 9.37 Å². The number of nitrogens with one attached hydrogen (secondary N) is 1. The molecule has 0 saturated carbocycles. The van der Waals surface area contributed by atoms with E-state index < -0.39 is 6.04 Å². The number of nitrogens with zero attached hydrogens (tertiary/aromatic N) is 3. The zero-order chi connectivity index (χ0) is 27.2. The van der Waals surface area contributed by atoms with Gasteiger partial charge in [-0.2, -0.15) is 0 Å². The van der Waals surface area contributed by atoms with Crippen molar-refractivity contribution in [2.45, 2.75) is 31.3 Å². The standard InChI is InChI=1S/C34H31FN4O/c1-38-17-15-24(16-18-38)22-9-11-23(12-10-22)25-13-14-27-21-39(34(40)29(27)20-25)32(26-5-4-6-28(35)19-26)33-36-30-7-2-3-8-31(30)37-33/h2-14,19-20,24,32H,15-18,21H2,1H3,(H,36,37). The quantitative estimate of drug-likeness (QED) is 0.268. The summed E-state index contributed by atoms with van der Waals surface area (Å²) in [5.41, 5.74) is 7.56. The molecule has 2 aliphatic heterocycles. The Morgan fingerprint density at radius 3 is 2.45 bits per heavy atom. The molecule has 5 nitrogen and oxygen atoms in total. The molecule has 4 aromatic carbocycles. The Bertz CT molecular complexity index is 1670. The number of para-hydroxylation sites is 2. The largest absolute Gasteiger partial charge is 0.340 e. The van der Waals surface area contributed by atoms with Crippen molar-refractivity contribution < 1.29 is 9.18 Å². The maximum atomic E-state index is 14.4. The number of hydrogen-bond donors (Lipinski definition) is 1. The number of rotatable bonds is 5. The van der Waals surface area contributed by atoms with E-state index in [1.165, 1.54) is 30.5 Å². The van der Waals surface area contributed by atoms with Crippen LogP contribution in [0.3, 0.4) is 0 Å². The molecule has 5 aromatic rings. The summed E-state index contributed by atoms with van der Waals surface area (Å²) in [5, 5.41) is 0. The fourth-order valence-corrected chi connectivity index (χ4v) is 6.27. The number of halogens is 1. The van der Waals surface area contributed by atoms with Crippen LogP contribution in [-0.2, 0) is 6.54 Å². The number of likely N-dealkylation sites (tertiary alicyclic amines) is 1. The maximum Gasteiger partial charge on any atom is 0.255 e. The van der Waals surface area contributed by atoms with Gasteiger partial charge in [-0.05, 0) is 97.0 Å². The van der Waals surface area contributed by atoms with E-state index in [0.717, 1.165) is 40.8 Å². The van der Waals surface area contributed by atoms with Gasteiger partial charge in [0.1, 0.15) is 17.7 Å². The van der Waals surface area contributed by atoms with Gasteiger partial charge in [0.2, 0.25) is 0 Å². The third-order valence-corrected chi connectivity index (χ3v) is 8.52. The average molecular weight is 531 g/mol. The molecular weight excluding hydrogens is 499 g/mol. The Morgan fingerprint density at radius 1 is 0.900 bits per heavy atom. The van der Waals surface area contributed by atoms with E-state index in [4.69, 9.17) is 4.98 Å². The number of carbonyl (C=O) groups excluding carboxylic acids is 1. The number of fused-ring (bicyclic) bond motifs is 2. The predicted molar refractivity (Wildman–Crippen MR) is 156 cm³/mol. The lowest BCUT2D eigenvalue weighted by Gasteiger charge is -2.29. The molecule has 2 aliphatic rings. The summed E-state index contributed by atoms with van der Waals surface area (Å²) >= 11 is 0. The minimum absolute atomic E-state index is 0.0745. The van der Waals surface area contributed by atoms with E-state index in [2.05, 4.69) is 53.3 Å². The van der Waals surface area contributed by atoms with Gasteiger partial charge in [0.05, 0.1) is 11.0 Å². The molecule has 0 aliphatic carbocycles. The second kappa shape index (κ2) is 10.0. The molecule has 1 saturated heterocycles. The van der Waals surface area contributed by atoms with Crippen molar-refractivity contribution in [1.82, 2.24) is 19.8 Å². The van der Waals surface area contributed by atoms with Gasteiger partial charge in [0.15, 0.2) is 0 Å². The highest BCUT2D eigenvalue weighted by molar-refractivity contribution is 6.00. The normalized spacial score (nSPS) is 16.9. The Hall–Kier alpha value is -4.29. The van der Waals surface area contributed by atoms with Crippen molar-refractivity contribution in [3.8, 4) is 11.1 Å². The van der Waals surface area contributed by atoms with Gasteiger partial charge in [-0.15, -0.1) is 0 Å². The number of hydrogen-bond acceptors (Lipinski definition) is 3. The summed E-state index contributed by atoms with van der Waals surface area (Å²) in [7, 11) is 2.19. The predicted octanol–water partition coefficient (Wildman–Crippen LogP) is 6.92. The highest BCUT2D eigenvalue weighted by atomic mass is 19.1. The van der Waals surface area contributed by atoms with E-state index in [0.29, 0.717) is 29.4 Å². The number of piperidine rings is 1. The molecule has 40 heavy (non-hydrogen) atoms. The highest BCUT2D eigenvalue weighted by Crippen LogP contribution is 2.37. The maximum absolute atomic E-state index is 14.4. The van der Waals surface area contributed by atoms with Crippen LogP contribution in [0.15, 0.2) is 91.0 Å². The van der Waals surface area contributed by atoms with E-state index in [-0.39, 0.29) is 11.7 Å². The number of imidazole rings is 1. The summed E-state index contributed by atoms with van der Waals surface area (Å²) in [4.78, 5) is 26.3. The Kier molecular flexibility index (Phi) is 6.20. The van der Waals surface area contributed by atoms with Gasteiger partial charge in [-0.3, -0.25) is 4.79 Å². The first-order valence-corrected chi connectivity index (χ1v) is 14.0. The summed E-state index contributed by atoms with van der Waals surface area (Å²) in [5.74, 6) is 0.819. The van der Waals surface area contributed by atoms with Crippen LogP contribution in [0, 0.1) is 5.82 Å². The number of carbonyl (C=O) groups is 1. The minimum Gasteiger partial charge on any atom is -0.340 e. The van der Waals surface area contributed by atoms with Crippen molar-refractivity contribution in [2.75, 3.05) is 20.1 Å². The molecule has 6 heteroatoms. The fourth-order valence-electron chi connectivity index (χ4n) is 6.27. The van der Waals surface area contributed by atoms with Crippen LogP contribution < -0.4 is 0 Å². The van der Waals surface area contributed by atoms with Crippen molar-refractivity contribution in [2.24, 2.45) is 0 Å². The molecule has 0 bridgehead atoms. The van der Waals surface area contributed by atoms with Crippen molar-refractivity contribution in [3.05, 3.63) is 125 Å². The monoisotopic (exact) mass is 530 g/mol. The van der Waals surface area contributed by atoms with Gasteiger partial charge < -0.3 is 14.8 Å². The number of amides is 1. The average Bonchev–Trinajstić information content (AvgIpc) is 3.54. The topological polar surface area (TPSA) is 52.2 Å². The number of aromatic nitrogens is 2. The molecule has 0 spiro atoms. The summed E-state index contributed by atoms with van der Waals surface area (Å²) in [6.45, 7) is 2.71. The van der Waals surface area contributed by atoms with Gasteiger partial charge in [-0.1, -0.05) is 60.7 Å². The molecule has 1 N–H and O–H groups in total. The number of aromatic amines is 1. The van der Waals surface area contributed by atoms with E-state index >= 15 is 0 Å². The fraction of sp³-hybridized carbons (Fsp3) is 0.235. The van der Waals surface area contributed by atoms with Crippen molar-refractivity contribution in [1.29, 1.82) is 0 Å². The van der Waals surface area contributed by atoms with Crippen LogP contribution in [0.25, 0.3) is 22.2 Å². The summed E-state index contributed by atoms with van der Waals surface area (Å²) in [6.07, 6.45) is 2.38. The zero-order valence-corrected chi connectivity index (χ0v) is 22.5. The highest BCUT2D eigenvalue weighted by Gasteiger charge is 2.36. The molecule has 200 valence electrons. The Balaban J connectivity index is 1.20. The molecule has 0 radical (unpaired) electrons. The first-order chi connectivity index (χ1) is 19.5. The Morgan fingerprint density at radius 2 is 1.68 bits per heavy atom. The van der Waals surface area contributed by atoms with Crippen LogP contribution in [-0.4, -0.2) is 45.8 Å². The minimum atomic E-state index is -0.541. The molecule has 1 aromatic heterocycles. The van der Waals surface area contributed by atoms with E-state index in [1.807, 2.05) is 36.4 Å². The lowest BCUT2D eigenvalue weighted by atomic mass is 9.88. The molecule has 3 heterocycles. The summed E-state index contributed by atoms with van der Waals surface area (Å²) in [6, 6.07) is 28.7. The molecule has 1 fully saturated rings. The van der Waals surface area contributed by atoms with Crippen LogP contribution in [0.4, 0.5) is 4.39 Å². The second-order valence-electron chi connectivity index (χ2n) is 11.1. The van der Waals surface area contributed by atoms with Crippen LogP contribution in [0.1, 0.15) is 57.7 Å². The molecule has 1 unspecified atom stereocenters. The Labute approximate surface area is 233 Å². The third kappa shape index (κ3) is 4.48. The van der Waals surface area contributed by atoms with Crippen molar-refractivity contribution >= 4 is 16.9 Å².